The predicted octanol–water partition coefficient (Wildman–Crippen LogP) is 4.41. The molecule has 0 radical (unpaired) electrons. The normalized spacial score (nSPS) is 10.6. The molecule has 1 aromatic rings. The molecule has 0 atom stereocenters. The lowest BCUT2D eigenvalue weighted by Gasteiger charge is -2.03. The average Bonchev–Trinajstić information content (AvgIpc) is 2.17. The SMILES string of the molecule is C=C(CBr)c1ccc(SC(F)F)cc1. The van der Waals surface area contributed by atoms with Crippen LogP contribution < -0.4 is 0 Å². The first kappa shape index (κ1) is 11.7. The van der Waals surface area contributed by atoms with Gasteiger partial charge in [-0.05, 0) is 23.3 Å². The molecule has 0 fully saturated rings. The van der Waals surface area contributed by atoms with Crippen molar-refractivity contribution in [3.63, 3.8) is 0 Å². The molecule has 0 spiro atoms. The van der Waals surface area contributed by atoms with E-state index in [2.05, 4.69) is 22.5 Å². The first-order valence-corrected chi connectivity index (χ1v) is 5.92. The second-order valence-electron chi connectivity index (χ2n) is 2.64. The lowest BCUT2D eigenvalue weighted by Crippen LogP contribution is -1.85. The van der Waals surface area contributed by atoms with Crippen LogP contribution in [0.2, 0.25) is 0 Å². The van der Waals surface area contributed by atoms with Gasteiger partial charge in [0.25, 0.3) is 5.76 Å². The van der Waals surface area contributed by atoms with E-state index in [0.717, 1.165) is 11.1 Å². The molecule has 14 heavy (non-hydrogen) atoms. The molecule has 0 unspecified atom stereocenters. The first-order valence-electron chi connectivity index (χ1n) is 3.92. The van der Waals surface area contributed by atoms with Crippen molar-refractivity contribution in [3.05, 3.63) is 36.4 Å². The van der Waals surface area contributed by atoms with Crippen molar-refractivity contribution in [2.45, 2.75) is 10.7 Å². The maximum atomic E-state index is 12.0. The van der Waals surface area contributed by atoms with Crippen LogP contribution in [-0.2, 0) is 0 Å². The minimum Gasteiger partial charge on any atom is -0.198 e. The van der Waals surface area contributed by atoms with Gasteiger partial charge in [-0.1, -0.05) is 46.4 Å². The van der Waals surface area contributed by atoms with E-state index in [1.807, 2.05) is 0 Å². The first-order chi connectivity index (χ1) is 6.63. The number of allylic oxidation sites excluding steroid dienone is 1. The van der Waals surface area contributed by atoms with Crippen molar-refractivity contribution >= 4 is 33.3 Å². The molecule has 1 rings (SSSR count). The van der Waals surface area contributed by atoms with Gasteiger partial charge in [-0.15, -0.1) is 0 Å². The number of benzene rings is 1. The predicted molar refractivity (Wildman–Crippen MR) is 61.1 cm³/mol. The van der Waals surface area contributed by atoms with Gasteiger partial charge in [-0.2, -0.15) is 8.78 Å². The van der Waals surface area contributed by atoms with E-state index in [4.69, 9.17) is 0 Å². The Kier molecular flexibility index (Phi) is 4.62. The number of hydrogen-bond donors (Lipinski definition) is 0. The summed E-state index contributed by atoms with van der Waals surface area (Å²) < 4.78 is 24.0. The second kappa shape index (κ2) is 5.51. The molecule has 0 heterocycles. The fraction of sp³-hybridized carbons (Fsp3) is 0.200. The maximum Gasteiger partial charge on any atom is 0.288 e. The maximum absolute atomic E-state index is 12.0. The number of halogens is 3. The van der Waals surface area contributed by atoms with Crippen LogP contribution in [0, 0.1) is 0 Å². The van der Waals surface area contributed by atoms with E-state index in [-0.39, 0.29) is 0 Å². The molecular weight excluding hydrogens is 270 g/mol. The molecule has 0 amide bonds. The van der Waals surface area contributed by atoms with E-state index in [1.54, 1.807) is 24.3 Å². The van der Waals surface area contributed by atoms with E-state index in [0.29, 0.717) is 22.0 Å². The van der Waals surface area contributed by atoms with Crippen molar-refractivity contribution in [1.29, 1.82) is 0 Å². The molecule has 0 bridgehead atoms. The van der Waals surface area contributed by atoms with Gasteiger partial charge in [0.2, 0.25) is 0 Å². The summed E-state index contributed by atoms with van der Waals surface area (Å²) in [7, 11) is 0. The fourth-order valence-electron chi connectivity index (χ4n) is 0.949. The molecular formula is C10H9BrF2S. The third-order valence-electron chi connectivity index (χ3n) is 1.65. The Morgan fingerprint density at radius 2 is 1.93 bits per heavy atom. The molecule has 0 saturated carbocycles. The summed E-state index contributed by atoms with van der Waals surface area (Å²) in [5, 5.41) is 0.689. The topological polar surface area (TPSA) is 0 Å². The van der Waals surface area contributed by atoms with E-state index < -0.39 is 5.76 Å². The van der Waals surface area contributed by atoms with Crippen LogP contribution in [0.3, 0.4) is 0 Å². The van der Waals surface area contributed by atoms with Crippen LogP contribution in [0.25, 0.3) is 5.57 Å². The minimum atomic E-state index is -2.36. The highest BCUT2D eigenvalue weighted by Gasteiger charge is 2.05. The van der Waals surface area contributed by atoms with Gasteiger partial charge < -0.3 is 0 Å². The lowest BCUT2D eigenvalue weighted by atomic mass is 10.1. The summed E-state index contributed by atoms with van der Waals surface area (Å²) in [6.07, 6.45) is 0. The largest absolute Gasteiger partial charge is 0.288 e. The minimum absolute atomic E-state index is 0.552. The van der Waals surface area contributed by atoms with Gasteiger partial charge in [0, 0.05) is 10.2 Å². The van der Waals surface area contributed by atoms with E-state index in [9.17, 15) is 8.78 Å². The van der Waals surface area contributed by atoms with Crippen LogP contribution in [0.4, 0.5) is 8.78 Å². The summed E-state index contributed by atoms with van der Waals surface area (Å²) in [5.74, 6) is -2.36. The van der Waals surface area contributed by atoms with Crippen molar-refractivity contribution in [2.24, 2.45) is 0 Å². The van der Waals surface area contributed by atoms with E-state index >= 15 is 0 Å². The van der Waals surface area contributed by atoms with Crippen molar-refractivity contribution in [2.75, 3.05) is 5.33 Å². The molecule has 0 N–H and O–H groups in total. The molecule has 4 heteroatoms. The molecule has 0 aliphatic heterocycles. The van der Waals surface area contributed by atoms with Gasteiger partial charge in [-0.3, -0.25) is 0 Å². The Balaban J connectivity index is 2.73. The molecule has 0 aromatic heterocycles. The van der Waals surface area contributed by atoms with E-state index in [1.165, 1.54) is 0 Å². The number of rotatable bonds is 4. The quantitative estimate of drug-likeness (QED) is 0.581. The van der Waals surface area contributed by atoms with Gasteiger partial charge >= 0.3 is 0 Å². The zero-order valence-corrected chi connectivity index (χ0v) is 9.75. The van der Waals surface area contributed by atoms with Crippen LogP contribution in [-0.4, -0.2) is 11.1 Å². The summed E-state index contributed by atoms with van der Waals surface area (Å²) in [4.78, 5) is 0.575. The summed E-state index contributed by atoms with van der Waals surface area (Å²) in [5.41, 5.74) is 1.92. The standard InChI is InChI=1S/C10H9BrF2S/c1-7(6-11)8-2-4-9(5-3-8)14-10(12)13/h2-5,10H,1,6H2. The van der Waals surface area contributed by atoms with Crippen molar-refractivity contribution in [1.82, 2.24) is 0 Å². The average molecular weight is 279 g/mol. The Labute approximate surface area is 94.5 Å². The lowest BCUT2D eigenvalue weighted by molar-refractivity contribution is 0.252. The van der Waals surface area contributed by atoms with Crippen molar-refractivity contribution < 1.29 is 8.78 Å². The number of thioether (sulfide) groups is 1. The van der Waals surface area contributed by atoms with Crippen LogP contribution in [0.15, 0.2) is 35.7 Å². The Morgan fingerprint density at radius 3 is 2.36 bits per heavy atom. The Morgan fingerprint density at radius 1 is 1.36 bits per heavy atom. The summed E-state index contributed by atoms with van der Waals surface area (Å²) >= 11 is 3.84. The highest BCUT2D eigenvalue weighted by molar-refractivity contribution is 9.09. The molecule has 0 aliphatic carbocycles. The summed E-state index contributed by atoms with van der Waals surface area (Å²) in [6.45, 7) is 3.83. The van der Waals surface area contributed by atoms with Gasteiger partial charge in [0.1, 0.15) is 0 Å². The third kappa shape index (κ3) is 3.42. The molecule has 0 nitrogen and oxygen atoms in total. The van der Waals surface area contributed by atoms with Crippen LogP contribution in [0.1, 0.15) is 5.56 Å². The van der Waals surface area contributed by atoms with Crippen LogP contribution in [0.5, 0.6) is 0 Å². The van der Waals surface area contributed by atoms with Gasteiger partial charge in [0.15, 0.2) is 0 Å². The molecule has 0 aliphatic rings. The molecule has 0 saturated heterocycles. The number of hydrogen-bond acceptors (Lipinski definition) is 1. The van der Waals surface area contributed by atoms with Gasteiger partial charge in [-0.25, -0.2) is 0 Å². The molecule has 1 aromatic carbocycles. The van der Waals surface area contributed by atoms with Crippen molar-refractivity contribution in [3.8, 4) is 0 Å². The Bertz CT molecular complexity index is 308. The zero-order valence-electron chi connectivity index (χ0n) is 7.34. The molecule has 76 valence electrons. The van der Waals surface area contributed by atoms with Gasteiger partial charge in [0.05, 0.1) is 0 Å². The number of alkyl halides is 3. The highest BCUT2D eigenvalue weighted by atomic mass is 79.9. The highest BCUT2D eigenvalue weighted by Crippen LogP contribution is 2.26. The Hall–Kier alpha value is -0.350. The summed E-state index contributed by atoms with van der Waals surface area (Å²) in [6, 6.07) is 6.96. The fourth-order valence-corrected chi connectivity index (χ4v) is 1.77. The second-order valence-corrected chi connectivity index (χ2v) is 4.26. The zero-order chi connectivity index (χ0) is 10.6. The third-order valence-corrected chi connectivity index (χ3v) is 3.05. The monoisotopic (exact) mass is 278 g/mol. The van der Waals surface area contributed by atoms with Crippen LogP contribution >= 0.6 is 27.7 Å². The smallest absolute Gasteiger partial charge is 0.198 e.